The Hall–Kier alpha value is -1.54. The smallest absolute Gasteiger partial charge is 0.252 e. The Morgan fingerprint density at radius 1 is 1.35 bits per heavy atom. The zero-order valence-electron chi connectivity index (χ0n) is 13.5. The standard InChI is InChI=1S/C15H23N5O2S/c1-10(2)12-9-17-20-13(12)18-15(23(21)22)19-14(20)16-8-11-6-4-3-5-7-11/h9-11H,3-8H2,1-2H3,(H,21,22)(H,16,18,19). The molecule has 1 unspecified atom stereocenters. The molecule has 0 bridgehead atoms. The van der Waals surface area contributed by atoms with E-state index in [1.54, 1.807) is 10.7 Å². The highest BCUT2D eigenvalue weighted by molar-refractivity contribution is 7.79. The highest BCUT2D eigenvalue weighted by Gasteiger charge is 2.19. The van der Waals surface area contributed by atoms with Crippen LogP contribution < -0.4 is 5.32 Å². The molecule has 7 nitrogen and oxygen atoms in total. The van der Waals surface area contributed by atoms with Gasteiger partial charge in [0.2, 0.25) is 17.0 Å². The van der Waals surface area contributed by atoms with Crippen molar-refractivity contribution in [1.29, 1.82) is 0 Å². The third-order valence-electron chi connectivity index (χ3n) is 4.43. The van der Waals surface area contributed by atoms with E-state index in [0.717, 1.165) is 12.1 Å². The molecule has 126 valence electrons. The molecule has 1 aliphatic rings. The van der Waals surface area contributed by atoms with Crippen molar-refractivity contribution in [3.63, 3.8) is 0 Å². The Morgan fingerprint density at radius 3 is 2.74 bits per heavy atom. The topological polar surface area (TPSA) is 92.4 Å². The van der Waals surface area contributed by atoms with Gasteiger partial charge in [0, 0.05) is 12.1 Å². The summed E-state index contributed by atoms with van der Waals surface area (Å²) in [5, 5.41) is 7.58. The normalized spacial score (nSPS) is 17.7. The number of rotatable bonds is 5. The van der Waals surface area contributed by atoms with Crippen LogP contribution in [0, 0.1) is 5.92 Å². The maximum Gasteiger partial charge on any atom is 0.252 e. The Kier molecular flexibility index (Phi) is 4.91. The highest BCUT2D eigenvalue weighted by atomic mass is 32.2. The van der Waals surface area contributed by atoms with Gasteiger partial charge in [-0.1, -0.05) is 33.1 Å². The second-order valence-electron chi connectivity index (χ2n) is 6.45. The minimum Gasteiger partial charge on any atom is -0.354 e. The van der Waals surface area contributed by atoms with Gasteiger partial charge in [-0.05, 0) is 24.7 Å². The first-order valence-corrected chi connectivity index (χ1v) is 9.27. The molecule has 8 heteroatoms. The lowest BCUT2D eigenvalue weighted by Crippen LogP contribution is -2.20. The maximum atomic E-state index is 11.4. The number of nitrogens with zero attached hydrogens (tertiary/aromatic N) is 4. The van der Waals surface area contributed by atoms with Crippen LogP contribution in [-0.4, -0.2) is 34.9 Å². The van der Waals surface area contributed by atoms with Gasteiger partial charge in [0.1, 0.15) is 0 Å². The minimum atomic E-state index is -2.21. The van der Waals surface area contributed by atoms with E-state index in [0.29, 0.717) is 17.5 Å². The Labute approximate surface area is 138 Å². The molecule has 1 fully saturated rings. The Bertz CT molecular complexity index is 709. The van der Waals surface area contributed by atoms with Crippen molar-refractivity contribution in [2.24, 2.45) is 5.92 Å². The fourth-order valence-corrected chi connectivity index (χ4v) is 3.43. The van der Waals surface area contributed by atoms with Crippen molar-refractivity contribution in [3.8, 4) is 0 Å². The van der Waals surface area contributed by atoms with E-state index >= 15 is 0 Å². The van der Waals surface area contributed by atoms with E-state index < -0.39 is 11.1 Å². The monoisotopic (exact) mass is 337 g/mol. The molecule has 0 saturated heterocycles. The van der Waals surface area contributed by atoms with Crippen LogP contribution in [0.15, 0.2) is 11.4 Å². The lowest BCUT2D eigenvalue weighted by atomic mass is 9.89. The van der Waals surface area contributed by atoms with E-state index in [4.69, 9.17) is 0 Å². The summed E-state index contributed by atoms with van der Waals surface area (Å²) in [7, 11) is 0. The Morgan fingerprint density at radius 2 is 2.09 bits per heavy atom. The van der Waals surface area contributed by atoms with Gasteiger partial charge >= 0.3 is 0 Å². The van der Waals surface area contributed by atoms with Crippen molar-refractivity contribution < 1.29 is 8.76 Å². The van der Waals surface area contributed by atoms with Crippen LogP contribution in [0.2, 0.25) is 0 Å². The summed E-state index contributed by atoms with van der Waals surface area (Å²) < 4.78 is 22.4. The number of hydrogen-bond acceptors (Lipinski definition) is 5. The number of aromatic nitrogens is 4. The molecule has 23 heavy (non-hydrogen) atoms. The predicted octanol–water partition coefficient (Wildman–Crippen LogP) is 2.82. The molecule has 0 aliphatic heterocycles. The molecule has 3 rings (SSSR count). The molecule has 0 spiro atoms. The van der Waals surface area contributed by atoms with E-state index in [9.17, 15) is 8.76 Å². The molecule has 1 aliphatic carbocycles. The quantitative estimate of drug-likeness (QED) is 0.815. The van der Waals surface area contributed by atoms with Crippen LogP contribution in [0.5, 0.6) is 0 Å². The third-order valence-corrected chi connectivity index (χ3v) is 4.92. The lowest BCUT2D eigenvalue weighted by Gasteiger charge is -2.22. The van der Waals surface area contributed by atoms with Gasteiger partial charge < -0.3 is 5.32 Å². The summed E-state index contributed by atoms with van der Waals surface area (Å²) in [6.07, 6.45) is 8.06. The third kappa shape index (κ3) is 3.53. The Balaban J connectivity index is 1.92. The van der Waals surface area contributed by atoms with Crippen LogP contribution in [0.4, 0.5) is 5.95 Å². The summed E-state index contributed by atoms with van der Waals surface area (Å²) in [5.41, 5.74) is 1.54. The summed E-state index contributed by atoms with van der Waals surface area (Å²) in [6.45, 7) is 4.90. The number of anilines is 1. The van der Waals surface area contributed by atoms with Crippen molar-refractivity contribution >= 4 is 22.7 Å². The molecular weight excluding hydrogens is 314 g/mol. The first-order chi connectivity index (χ1) is 11.1. The average Bonchev–Trinajstić information content (AvgIpc) is 2.97. The number of hydrogen-bond donors (Lipinski definition) is 2. The number of fused-ring (bicyclic) bond motifs is 1. The van der Waals surface area contributed by atoms with Crippen LogP contribution in [0.1, 0.15) is 57.4 Å². The van der Waals surface area contributed by atoms with Gasteiger partial charge in [0.25, 0.3) is 5.16 Å². The van der Waals surface area contributed by atoms with E-state index in [-0.39, 0.29) is 11.1 Å². The second-order valence-corrected chi connectivity index (χ2v) is 7.32. The van der Waals surface area contributed by atoms with Gasteiger partial charge in [-0.25, -0.2) is 4.21 Å². The van der Waals surface area contributed by atoms with Crippen molar-refractivity contribution in [3.05, 3.63) is 11.8 Å². The molecule has 2 aromatic rings. The van der Waals surface area contributed by atoms with Crippen LogP contribution in [0.3, 0.4) is 0 Å². The van der Waals surface area contributed by atoms with Gasteiger partial charge in [-0.3, -0.25) is 4.55 Å². The first-order valence-electron chi connectivity index (χ1n) is 8.16. The minimum absolute atomic E-state index is 0.0777. The molecule has 0 radical (unpaired) electrons. The summed E-state index contributed by atoms with van der Waals surface area (Å²) >= 11 is -2.21. The van der Waals surface area contributed by atoms with Crippen molar-refractivity contribution in [2.75, 3.05) is 11.9 Å². The molecule has 1 saturated carbocycles. The van der Waals surface area contributed by atoms with Gasteiger partial charge in [-0.2, -0.15) is 19.6 Å². The zero-order chi connectivity index (χ0) is 16.4. The van der Waals surface area contributed by atoms with Crippen LogP contribution in [-0.2, 0) is 11.1 Å². The average molecular weight is 337 g/mol. The second kappa shape index (κ2) is 6.92. The summed E-state index contributed by atoms with van der Waals surface area (Å²) in [6, 6.07) is 0. The summed E-state index contributed by atoms with van der Waals surface area (Å²) in [5.74, 6) is 1.34. The van der Waals surface area contributed by atoms with Crippen molar-refractivity contribution in [2.45, 2.75) is 57.0 Å². The highest BCUT2D eigenvalue weighted by Crippen LogP contribution is 2.25. The molecule has 2 aromatic heterocycles. The molecule has 0 amide bonds. The molecule has 0 aromatic carbocycles. The SMILES string of the molecule is CC(C)c1cnn2c(NCC3CCCCC3)nc(S(=O)O)nc12. The van der Waals surface area contributed by atoms with Crippen LogP contribution in [0.25, 0.3) is 5.65 Å². The molecule has 2 N–H and O–H groups in total. The van der Waals surface area contributed by atoms with Gasteiger partial charge in [-0.15, -0.1) is 0 Å². The fourth-order valence-electron chi connectivity index (χ4n) is 3.10. The van der Waals surface area contributed by atoms with Crippen LogP contribution >= 0.6 is 0 Å². The van der Waals surface area contributed by atoms with E-state index in [1.165, 1.54) is 32.1 Å². The van der Waals surface area contributed by atoms with E-state index in [2.05, 4.69) is 20.4 Å². The van der Waals surface area contributed by atoms with Gasteiger partial charge in [0.15, 0.2) is 5.65 Å². The molecule has 1 atom stereocenters. The molecule has 2 heterocycles. The van der Waals surface area contributed by atoms with E-state index in [1.807, 2.05) is 13.8 Å². The maximum absolute atomic E-state index is 11.4. The number of nitrogens with one attached hydrogen (secondary N) is 1. The van der Waals surface area contributed by atoms with Crippen molar-refractivity contribution in [1.82, 2.24) is 19.6 Å². The first kappa shape index (κ1) is 16.3. The largest absolute Gasteiger partial charge is 0.354 e. The molecular formula is C15H23N5O2S. The predicted molar refractivity (Wildman–Crippen MR) is 89.0 cm³/mol. The van der Waals surface area contributed by atoms with Gasteiger partial charge in [0.05, 0.1) is 6.20 Å². The lowest BCUT2D eigenvalue weighted by molar-refractivity contribution is 0.372. The summed E-state index contributed by atoms with van der Waals surface area (Å²) in [4.78, 5) is 8.40. The zero-order valence-corrected chi connectivity index (χ0v) is 14.3. The fraction of sp³-hybridized carbons (Fsp3) is 0.667.